The summed E-state index contributed by atoms with van der Waals surface area (Å²) in [5, 5.41) is 12.5. The molecule has 0 aliphatic heterocycles. The van der Waals surface area contributed by atoms with Crippen LogP contribution in [0.1, 0.15) is 135 Å². The third-order valence-corrected chi connectivity index (χ3v) is 11.2. The van der Waals surface area contributed by atoms with Gasteiger partial charge in [0.25, 0.3) is 7.82 Å². The average molecular weight is 659 g/mol. The van der Waals surface area contributed by atoms with Gasteiger partial charge >= 0.3 is 12.1 Å². The summed E-state index contributed by atoms with van der Waals surface area (Å²) in [5.74, 6) is 2.87. The van der Waals surface area contributed by atoms with Crippen molar-refractivity contribution < 1.29 is 42.7 Å². The number of amides is 1. The molecule has 0 aromatic heterocycles. The summed E-state index contributed by atoms with van der Waals surface area (Å²) in [7, 11) is -4.70. The van der Waals surface area contributed by atoms with E-state index < -0.39 is 32.6 Å². The van der Waals surface area contributed by atoms with Crippen LogP contribution in [0.3, 0.4) is 0 Å². The van der Waals surface area contributed by atoms with E-state index in [-0.39, 0.29) is 26.2 Å². The molecular weight excluding hydrogens is 597 g/mol. The normalized spacial score (nSPS) is 26.3. The van der Waals surface area contributed by atoms with E-state index >= 15 is 0 Å². The van der Waals surface area contributed by atoms with Crippen molar-refractivity contribution in [1.29, 1.82) is 0 Å². The molecule has 10 nitrogen and oxygen atoms in total. The van der Waals surface area contributed by atoms with Gasteiger partial charge in [-0.05, 0) is 61.7 Å². The maximum absolute atomic E-state index is 12.3. The van der Waals surface area contributed by atoms with E-state index in [4.69, 9.17) is 18.5 Å². The summed E-state index contributed by atoms with van der Waals surface area (Å²) in [5.41, 5.74) is 0. The highest BCUT2D eigenvalue weighted by Crippen LogP contribution is 2.57. The number of fused-ring (bicyclic) bond motifs is 3. The predicted molar refractivity (Wildman–Crippen MR) is 171 cm³/mol. The van der Waals surface area contributed by atoms with Crippen molar-refractivity contribution in [3.63, 3.8) is 0 Å². The fraction of sp³-hybridized carbons (Fsp3) is 0.941. The van der Waals surface area contributed by atoms with Gasteiger partial charge in [-0.2, -0.15) is 0 Å². The maximum atomic E-state index is 12.3. The van der Waals surface area contributed by atoms with Crippen molar-refractivity contribution in [2.24, 2.45) is 29.6 Å². The Balaban J connectivity index is 1.16. The summed E-state index contributed by atoms with van der Waals surface area (Å²) in [6.45, 7) is 1.32. The third-order valence-electron chi connectivity index (χ3n) is 10.3. The lowest BCUT2D eigenvalue weighted by Gasteiger charge is -2.32. The molecule has 6 unspecified atom stereocenters. The standard InChI is InChI=1S/C34H62NO9P/c1-2-3-4-5-6-7-8-9-10-11-12-21-33(37)41-24-27(36)25-44-45(39,40)43-23-22-35-34(38)42-26-32-30-19-15-13-17-28(30)29-18-14-16-20-31(29)32/h27-32,36H,2-26H2,1H3,(H,35,38)(H,39,40)/p-1. The van der Waals surface area contributed by atoms with Gasteiger partial charge in [0.15, 0.2) is 0 Å². The van der Waals surface area contributed by atoms with Gasteiger partial charge in [-0.15, -0.1) is 0 Å². The fourth-order valence-corrected chi connectivity index (χ4v) is 8.80. The van der Waals surface area contributed by atoms with E-state index in [1.54, 1.807) is 0 Å². The number of nitrogens with one attached hydrogen (secondary N) is 1. The summed E-state index contributed by atoms with van der Waals surface area (Å²) in [6, 6.07) is 0. The number of aliphatic hydroxyl groups is 1. The molecule has 0 heterocycles. The lowest BCUT2D eigenvalue weighted by Crippen LogP contribution is -2.32. The minimum atomic E-state index is -4.70. The van der Waals surface area contributed by atoms with Crippen molar-refractivity contribution >= 4 is 19.9 Å². The monoisotopic (exact) mass is 658 g/mol. The summed E-state index contributed by atoms with van der Waals surface area (Å²) < 4.78 is 32.2. The number of esters is 1. The lowest BCUT2D eigenvalue weighted by molar-refractivity contribution is -0.227. The minimum absolute atomic E-state index is 0.0591. The second kappa shape index (κ2) is 21.6. The number of rotatable bonds is 23. The molecule has 0 aromatic carbocycles. The molecular formula is C34H61NO9P-. The number of ether oxygens (including phenoxy) is 2. The van der Waals surface area contributed by atoms with Crippen molar-refractivity contribution in [2.75, 3.05) is 33.0 Å². The average Bonchev–Trinajstić information content (AvgIpc) is 3.36. The van der Waals surface area contributed by atoms with Gasteiger partial charge < -0.3 is 33.8 Å². The Labute approximate surface area is 271 Å². The number of hydrogen-bond acceptors (Lipinski definition) is 9. The molecule has 2 N–H and O–H groups in total. The first-order valence-corrected chi connectivity index (χ1v) is 19.6. The van der Waals surface area contributed by atoms with Crippen LogP contribution in [0.2, 0.25) is 0 Å². The smallest absolute Gasteiger partial charge is 0.407 e. The van der Waals surface area contributed by atoms with Gasteiger partial charge in [0.1, 0.15) is 12.7 Å². The first kappa shape index (κ1) is 38.3. The van der Waals surface area contributed by atoms with Crippen molar-refractivity contribution in [3.8, 4) is 0 Å². The van der Waals surface area contributed by atoms with Crippen molar-refractivity contribution in [3.05, 3.63) is 0 Å². The Hall–Kier alpha value is -1.19. The summed E-state index contributed by atoms with van der Waals surface area (Å²) in [6.07, 6.45) is 21.7. The number of carbonyl (C=O) groups excluding carboxylic acids is 2. The zero-order valence-corrected chi connectivity index (χ0v) is 28.7. The van der Waals surface area contributed by atoms with E-state index in [0.29, 0.717) is 24.4 Å². The van der Waals surface area contributed by atoms with Crippen LogP contribution in [0, 0.1) is 29.6 Å². The van der Waals surface area contributed by atoms with E-state index in [9.17, 15) is 24.2 Å². The van der Waals surface area contributed by atoms with Crippen LogP contribution in [-0.2, 0) is 27.9 Å². The number of hydrogen-bond donors (Lipinski definition) is 2. The first-order valence-electron chi connectivity index (χ1n) is 18.1. The van der Waals surface area contributed by atoms with Gasteiger partial charge in [-0.25, -0.2) is 4.79 Å². The number of alkyl carbamates (subject to hydrolysis) is 1. The Morgan fingerprint density at radius 2 is 1.31 bits per heavy atom. The molecule has 0 bridgehead atoms. The Bertz CT molecular complexity index is 868. The molecule has 3 aliphatic rings. The molecule has 0 spiro atoms. The van der Waals surface area contributed by atoms with E-state index in [1.807, 2.05) is 0 Å². The minimum Gasteiger partial charge on any atom is -0.756 e. The summed E-state index contributed by atoms with van der Waals surface area (Å²) in [4.78, 5) is 36.3. The largest absolute Gasteiger partial charge is 0.756 e. The molecule has 0 aromatic rings. The molecule has 1 amide bonds. The van der Waals surface area contributed by atoms with E-state index in [2.05, 4.69) is 12.2 Å². The fourth-order valence-electron chi connectivity index (χ4n) is 8.06. The quantitative estimate of drug-likeness (QED) is 0.0670. The zero-order valence-electron chi connectivity index (χ0n) is 27.8. The van der Waals surface area contributed by atoms with Crippen LogP contribution < -0.4 is 10.2 Å². The SMILES string of the molecule is CCCCCCCCCCCCCC(=O)OCC(O)COP(=O)([O-])OCCNC(=O)OCC1C2CCCCC2C2CCCCC21. The third kappa shape index (κ3) is 14.6. The van der Waals surface area contributed by atoms with Crippen LogP contribution in [0.5, 0.6) is 0 Å². The molecule has 3 fully saturated rings. The number of phosphoric ester groups is 1. The highest BCUT2D eigenvalue weighted by Gasteiger charge is 2.51. The maximum Gasteiger partial charge on any atom is 0.407 e. The van der Waals surface area contributed by atoms with Crippen LogP contribution in [0.25, 0.3) is 0 Å². The topological polar surface area (TPSA) is 143 Å². The molecule has 262 valence electrons. The Kier molecular flexibility index (Phi) is 18.4. The Morgan fingerprint density at radius 1 is 0.778 bits per heavy atom. The molecule has 0 saturated heterocycles. The lowest BCUT2D eigenvalue weighted by atomic mass is 9.73. The van der Waals surface area contributed by atoms with Crippen molar-refractivity contribution in [2.45, 2.75) is 141 Å². The van der Waals surface area contributed by atoms with Gasteiger partial charge in [-0.1, -0.05) is 96.8 Å². The van der Waals surface area contributed by atoms with Crippen LogP contribution in [0.15, 0.2) is 0 Å². The molecule has 6 atom stereocenters. The first-order chi connectivity index (χ1) is 21.8. The molecule has 3 rings (SSSR count). The number of aliphatic hydroxyl groups excluding tert-OH is 1. The molecule has 0 radical (unpaired) electrons. The molecule has 45 heavy (non-hydrogen) atoms. The second-order valence-corrected chi connectivity index (χ2v) is 15.0. The molecule has 3 saturated carbocycles. The zero-order chi connectivity index (χ0) is 32.3. The highest BCUT2D eigenvalue weighted by atomic mass is 31.2. The Morgan fingerprint density at radius 3 is 1.89 bits per heavy atom. The van der Waals surface area contributed by atoms with Crippen LogP contribution in [-0.4, -0.2) is 56.2 Å². The molecule has 11 heteroatoms. The van der Waals surface area contributed by atoms with E-state index in [1.165, 1.54) is 103 Å². The van der Waals surface area contributed by atoms with Gasteiger partial charge in [-0.3, -0.25) is 9.36 Å². The van der Waals surface area contributed by atoms with Crippen molar-refractivity contribution in [1.82, 2.24) is 5.32 Å². The second-order valence-electron chi connectivity index (χ2n) is 13.6. The summed E-state index contributed by atoms with van der Waals surface area (Å²) >= 11 is 0. The van der Waals surface area contributed by atoms with Gasteiger partial charge in [0.2, 0.25) is 0 Å². The van der Waals surface area contributed by atoms with Gasteiger partial charge in [0.05, 0.1) is 19.8 Å². The van der Waals surface area contributed by atoms with Crippen LogP contribution in [0.4, 0.5) is 4.79 Å². The number of carbonyl (C=O) groups is 2. The highest BCUT2D eigenvalue weighted by molar-refractivity contribution is 7.45. The number of phosphoric acid groups is 1. The molecule has 3 aliphatic carbocycles. The van der Waals surface area contributed by atoms with Crippen LogP contribution >= 0.6 is 7.82 Å². The van der Waals surface area contributed by atoms with Gasteiger partial charge in [0, 0.05) is 13.0 Å². The predicted octanol–water partition coefficient (Wildman–Crippen LogP) is 7.06. The number of unbranched alkanes of at least 4 members (excludes halogenated alkanes) is 10. The van der Waals surface area contributed by atoms with E-state index in [0.717, 1.165) is 31.1 Å².